The standard InChI is InChI=1S/C9H13N3/c1-12-9-7-5-3-2-4-6-8(9)10-11-12/h4,6H,2-3,5,7H2,1H3/b6-4-. The molecule has 1 aromatic heterocycles. The van der Waals surface area contributed by atoms with Gasteiger partial charge in [0, 0.05) is 7.05 Å². The number of rotatable bonds is 0. The van der Waals surface area contributed by atoms with E-state index in [0.29, 0.717) is 0 Å². The molecule has 0 N–H and O–H groups in total. The van der Waals surface area contributed by atoms with Crippen molar-refractivity contribution in [3.63, 3.8) is 0 Å². The van der Waals surface area contributed by atoms with Gasteiger partial charge in [-0.3, -0.25) is 4.68 Å². The smallest absolute Gasteiger partial charge is 0.108 e. The van der Waals surface area contributed by atoms with Crippen LogP contribution in [0.1, 0.15) is 30.7 Å². The molecule has 0 atom stereocenters. The Morgan fingerprint density at radius 1 is 1.42 bits per heavy atom. The highest BCUT2D eigenvalue weighted by molar-refractivity contribution is 5.47. The predicted molar refractivity (Wildman–Crippen MR) is 47.6 cm³/mol. The monoisotopic (exact) mass is 163 g/mol. The number of nitrogens with zero attached hydrogens (tertiary/aromatic N) is 3. The van der Waals surface area contributed by atoms with Crippen molar-refractivity contribution in [2.24, 2.45) is 7.05 Å². The SMILES string of the molecule is Cn1nnc2c1CCCC/C=C\2. The topological polar surface area (TPSA) is 30.7 Å². The van der Waals surface area contributed by atoms with E-state index in [4.69, 9.17) is 0 Å². The molecule has 0 aromatic carbocycles. The lowest BCUT2D eigenvalue weighted by Crippen LogP contribution is -2.00. The van der Waals surface area contributed by atoms with Gasteiger partial charge in [-0.25, -0.2) is 0 Å². The van der Waals surface area contributed by atoms with Crippen molar-refractivity contribution in [1.29, 1.82) is 0 Å². The van der Waals surface area contributed by atoms with E-state index >= 15 is 0 Å². The predicted octanol–water partition coefficient (Wildman–Crippen LogP) is 1.55. The molecule has 2 rings (SSSR count). The normalized spacial score (nSPS) is 19.4. The third kappa shape index (κ3) is 1.26. The Morgan fingerprint density at radius 3 is 3.25 bits per heavy atom. The minimum Gasteiger partial charge on any atom is -0.252 e. The Labute approximate surface area is 72.1 Å². The first kappa shape index (κ1) is 7.53. The highest BCUT2D eigenvalue weighted by Crippen LogP contribution is 2.14. The molecule has 0 fully saturated rings. The molecule has 0 radical (unpaired) electrons. The number of hydrogen-bond donors (Lipinski definition) is 0. The lowest BCUT2D eigenvalue weighted by Gasteiger charge is -2.03. The number of aryl methyl sites for hydroxylation is 1. The number of aromatic nitrogens is 3. The third-order valence-electron chi connectivity index (χ3n) is 2.28. The van der Waals surface area contributed by atoms with Gasteiger partial charge in [0.25, 0.3) is 0 Å². The summed E-state index contributed by atoms with van der Waals surface area (Å²) in [6.45, 7) is 0. The molecule has 0 unspecified atom stereocenters. The van der Waals surface area contributed by atoms with E-state index in [1.54, 1.807) is 0 Å². The van der Waals surface area contributed by atoms with Crippen LogP contribution in [0.3, 0.4) is 0 Å². The van der Waals surface area contributed by atoms with E-state index < -0.39 is 0 Å². The van der Waals surface area contributed by atoms with E-state index in [-0.39, 0.29) is 0 Å². The van der Waals surface area contributed by atoms with Gasteiger partial charge in [-0.05, 0) is 31.8 Å². The van der Waals surface area contributed by atoms with Crippen LogP contribution >= 0.6 is 0 Å². The lowest BCUT2D eigenvalue weighted by molar-refractivity contribution is 0.646. The summed E-state index contributed by atoms with van der Waals surface area (Å²) in [4.78, 5) is 0. The van der Waals surface area contributed by atoms with E-state index in [2.05, 4.69) is 22.5 Å². The molecule has 0 aliphatic heterocycles. The minimum absolute atomic E-state index is 1.05. The number of hydrogen-bond acceptors (Lipinski definition) is 2. The zero-order valence-electron chi connectivity index (χ0n) is 7.32. The van der Waals surface area contributed by atoms with Crippen molar-refractivity contribution in [3.8, 4) is 0 Å². The molecular weight excluding hydrogens is 150 g/mol. The van der Waals surface area contributed by atoms with Crippen molar-refractivity contribution < 1.29 is 0 Å². The second kappa shape index (κ2) is 3.09. The molecule has 0 saturated heterocycles. The Hall–Kier alpha value is -1.12. The van der Waals surface area contributed by atoms with Crippen molar-refractivity contribution >= 4 is 6.08 Å². The maximum absolute atomic E-state index is 4.08. The van der Waals surface area contributed by atoms with E-state index in [0.717, 1.165) is 12.1 Å². The Morgan fingerprint density at radius 2 is 2.33 bits per heavy atom. The van der Waals surface area contributed by atoms with Crippen LogP contribution in [-0.4, -0.2) is 15.0 Å². The molecule has 0 saturated carbocycles. The van der Waals surface area contributed by atoms with Gasteiger partial charge in [0.05, 0.1) is 5.69 Å². The van der Waals surface area contributed by atoms with E-state index in [1.165, 1.54) is 25.0 Å². The van der Waals surface area contributed by atoms with Gasteiger partial charge in [-0.2, -0.15) is 0 Å². The van der Waals surface area contributed by atoms with Crippen LogP contribution < -0.4 is 0 Å². The fraction of sp³-hybridized carbons (Fsp3) is 0.556. The maximum atomic E-state index is 4.08. The van der Waals surface area contributed by atoms with Crippen LogP contribution in [0.15, 0.2) is 6.08 Å². The summed E-state index contributed by atoms with van der Waals surface area (Å²) in [5.41, 5.74) is 2.32. The van der Waals surface area contributed by atoms with Gasteiger partial charge in [-0.1, -0.05) is 11.3 Å². The van der Waals surface area contributed by atoms with Crippen molar-refractivity contribution in [3.05, 3.63) is 17.5 Å². The Bertz CT molecular complexity index is 299. The van der Waals surface area contributed by atoms with Crippen LogP contribution in [-0.2, 0) is 13.5 Å². The molecule has 0 spiro atoms. The van der Waals surface area contributed by atoms with Gasteiger partial charge < -0.3 is 0 Å². The lowest BCUT2D eigenvalue weighted by atomic mass is 10.1. The molecular formula is C9H13N3. The Kier molecular flexibility index (Phi) is 1.94. The van der Waals surface area contributed by atoms with E-state index in [9.17, 15) is 0 Å². The second-order valence-electron chi connectivity index (χ2n) is 3.19. The molecule has 1 aromatic rings. The maximum Gasteiger partial charge on any atom is 0.108 e. The largest absolute Gasteiger partial charge is 0.252 e. The summed E-state index contributed by atoms with van der Waals surface area (Å²) in [5.74, 6) is 0. The van der Waals surface area contributed by atoms with Crippen molar-refractivity contribution in [2.45, 2.75) is 25.7 Å². The van der Waals surface area contributed by atoms with Crippen LogP contribution in [0.25, 0.3) is 6.08 Å². The molecule has 3 nitrogen and oxygen atoms in total. The average molecular weight is 163 g/mol. The summed E-state index contributed by atoms with van der Waals surface area (Å²) in [7, 11) is 1.96. The first-order valence-electron chi connectivity index (χ1n) is 4.43. The zero-order valence-corrected chi connectivity index (χ0v) is 7.32. The van der Waals surface area contributed by atoms with Gasteiger partial charge in [0.2, 0.25) is 0 Å². The van der Waals surface area contributed by atoms with Gasteiger partial charge >= 0.3 is 0 Å². The Balaban J connectivity index is 2.39. The average Bonchev–Trinajstić information content (AvgIpc) is 2.31. The zero-order chi connectivity index (χ0) is 8.39. The fourth-order valence-electron chi connectivity index (χ4n) is 1.56. The molecule has 1 heterocycles. The van der Waals surface area contributed by atoms with Crippen LogP contribution in [0.5, 0.6) is 0 Å². The molecule has 0 bridgehead atoms. The minimum atomic E-state index is 1.05. The van der Waals surface area contributed by atoms with Crippen molar-refractivity contribution in [2.75, 3.05) is 0 Å². The summed E-state index contributed by atoms with van der Waals surface area (Å²) in [5, 5.41) is 8.08. The number of allylic oxidation sites excluding steroid dienone is 1. The molecule has 0 amide bonds. The summed E-state index contributed by atoms with van der Waals surface area (Å²) >= 11 is 0. The summed E-state index contributed by atoms with van der Waals surface area (Å²) in [6, 6.07) is 0. The van der Waals surface area contributed by atoms with Crippen LogP contribution in [0.2, 0.25) is 0 Å². The molecule has 1 aliphatic rings. The molecule has 12 heavy (non-hydrogen) atoms. The summed E-state index contributed by atoms with van der Waals surface area (Å²) < 4.78 is 1.88. The third-order valence-corrected chi connectivity index (χ3v) is 2.28. The first-order valence-corrected chi connectivity index (χ1v) is 4.43. The van der Waals surface area contributed by atoms with Gasteiger partial charge in [0.1, 0.15) is 5.69 Å². The van der Waals surface area contributed by atoms with Crippen LogP contribution in [0, 0.1) is 0 Å². The van der Waals surface area contributed by atoms with Crippen LogP contribution in [0.4, 0.5) is 0 Å². The van der Waals surface area contributed by atoms with Gasteiger partial charge in [-0.15, -0.1) is 5.10 Å². The molecule has 1 aliphatic carbocycles. The first-order chi connectivity index (χ1) is 5.88. The fourth-order valence-corrected chi connectivity index (χ4v) is 1.56. The second-order valence-corrected chi connectivity index (χ2v) is 3.19. The summed E-state index contributed by atoms with van der Waals surface area (Å²) in [6.07, 6.45) is 9.09. The van der Waals surface area contributed by atoms with Crippen molar-refractivity contribution in [1.82, 2.24) is 15.0 Å². The molecule has 64 valence electrons. The highest BCUT2D eigenvalue weighted by Gasteiger charge is 2.08. The number of fused-ring (bicyclic) bond motifs is 1. The highest BCUT2D eigenvalue weighted by atomic mass is 15.4. The van der Waals surface area contributed by atoms with E-state index in [1.807, 2.05) is 11.7 Å². The molecule has 3 heteroatoms. The van der Waals surface area contributed by atoms with Gasteiger partial charge in [0.15, 0.2) is 0 Å². The quantitative estimate of drug-likeness (QED) is 0.581.